The number of benzene rings is 2. The standard InChI is InChI=1S/C20H16Cl3N3O4/c1-11(20(28)24-16-10-14(22)6-7-15(16)23)29-18(27)9-8-17-25-19(26-30-17)12-2-4-13(21)5-3-12/h2-7,10-11H,8-9H2,1H3,(H,24,28). The second-order valence-electron chi connectivity index (χ2n) is 6.26. The van der Waals surface area contributed by atoms with Gasteiger partial charge in [-0.2, -0.15) is 4.98 Å². The Kier molecular flexibility index (Phi) is 7.31. The molecule has 0 aliphatic rings. The number of anilines is 1. The molecule has 0 saturated heterocycles. The lowest BCUT2D eigenvalue weighted by molar-refractivity contribution is -0.153. The molecule has 30 heavy (non-hydrogen) atoms. The molecule has 0 spiro atoms. The van der Waals surface area contributed by atoms with Crippen molar-refractivity contribution in [2.24, 2.45) is 0 Å². The molecule has 10 heteroatoms. The largest absolute Gasteiger partial charge is 0.453 e. The minimum absolute atomic E-state index is 0.0300. The van der Waals surface area contributed by atoms with Gasteiger partial charge in [0, 0.05) is 22.0 Å². The first-order valence-corrected chi connectivity index (χ1v) is 9.99. The summed E-state index contributed by atoms with van der Waals surface area (Å²) in [7, 11) is 0. The summed E-state index contributed by atoms with van der Waals surface area (Å²) in [4.78, 5) is 28.5. The van der Waals surface area contributed by atoms with Crippen LogP contribution < -0.4 is 5.32 Å². The zero-order valence-electron chi connectivity index (χ0n) is 15.7. The molecule has 1 atom stereocenters. The summed E-state index contributed by atoms with van der Waals surface area (Å²) in [6.07, 6.45) is -0.883. The summed E-state index contributed by atoms with van der Waals surface area (Å²) in [5.41, 5.74) is 1.07. The van der Waals surface area contributed by atoms with E-state index in [1.807, 2.05) is 0 Å². The molecule has 1 unspecified atom stereocenters. The maximum Gasteiger partial charge on any atom is 0.307 e. The van der Waals surface area contributed by atoms with E-state index in [0.29, 0.717) is 26.6 Å². The normalized spacial score (nSPS) is 11.7. The van der Waals surface area contributed by atoms with E-state index in [1.165, 1.54) is 13.0 Å². The van der Waals surface area contributed by atoms with Crippen molar-refractivity contribution >= 4 is 52.4 Å². The Morgan fingerprint density at radius 2 is 1.80 bits per heavy atom. The lowest BCUT2D eigenvalue weighted by Crippen LogP contribution is -2.30. The van der Waals surface area contributed by atoms with E-state index in [4.69, 9.17) is 44.1 Å². The highest BCUT2D eigenvalue weighted by Gasteiger charge is 2.20. The Labute approximate surface area is 187 Å². The van der Waals surface area contributed by atoms with E-state index in [9.17, 15) is 9.59 Å². The van der Waals surface area contributed by atoms with E-state index in [1.54, 1.807) is 36.4 Å². The van der Waals surface area contributed by atoms with E-state index in [-0.39, 0.29) is 18.7 Å². The van der Waals surface area contributed by atoms with Gasteiger partial charge in [-0.1, -0.05) is 40.0 Å². The molecule has 3 aromatic rings. The van der Waals surface area contributed by atoms with Gasteiger partial charge in [0.15, 0.2) is 6.10 Å². The van der Waals surface area contributed by atoms with Gasteiger partial charge in [0.05, 0.1) is 17.1 Å². The minimum atomic E-state index is -1.03. The van der Waals surface area contributed by atoms with Crippen LogP contribution in [-0.4, -0.2) is 28.1 Å². The summed E-state index contributed by atoms with van der Waals surface area (Å²) < 4.78 is 10.3. The monoisotopic (exact) mass is 467 g/mol. The molecular formula is C20H16Cl3N3O4. The average molecular weight is 469 g/mol. The summed E-state index contributed by atoms with van der Waals surface area (Å²) in [5.74, 6) is -0.447. The van der Waals surface area contributed by atoms with Gasteiger partial charge in [-0.25, -0.2) is 0 Å². The molecule has 0 aliphatic heterocycles. The molecule has 3 rings (SSSR count). The fourth-order valence-electron chi connectivity index (χ4n) is 2.42. The number of aryl methyl sites for hydroxylation is 1. The van der Waals surface area contributed by atoms with Crippen LogP contribution in [0.1, 0.15) is 19.2 Å². The predicted octanol–water partition coefficient (Wildman–Crippen LogP) is 5.20. The van der Waals surface area contributed by atoms with Gasteiger partial charge in [0.2, 0.25) is 11.7 Å². The highest BCUT2D eigenvalue weighted by molar-refractivity contribution is 6.35. The molecule has 1 heterocycles. The SMILES string of the molecule is CC(OC(=O)CCc1nc(-c2ccc(Cl)cc2)no1)C(=O)Nc1cc(Cl)ccc1Cl. The van der Waals surface area contributed by atoms with Crippen molar-refractivity contribution < 1.29 is 18.8 Å². The number of hydrogen-bond acceptors (Lipinski definition) is 6. The molecule has 0 fully saturated rings. The number of ether oxygens (including phenoxy) is 1. The number of nitrogens with zero attached hydrogens (tertiary/aromatic N) is 2. The van der Waals surface area contributed by atoms with Gasteiger partial charge in [-0.15, -0.1) is 0 Å². The van der Waals surface area contributed by atoms with Crippen LogP contribution in [0.3, 0.4) is 0 Å². The van der Waals surface area contributed by atoms with Crippen molar-refractivity contribution in [2.75, 3.05) is 5.32 Å². The third-order valence-electron chi connectivity index (χ3n) is 3.98. The van der Waals surface area contributed by atoms with Gasteiger partial charge in [-0.05, 0) is 49.4 Å². The molecule has 1 aromatic heterocycles. The zero-order chi connectivity index (χ0) is 21.7. The number of carbonyl (C=O) groups excluding carboxylic acids is 2. The number of carbonyl (C=O) groups is 2. The minimum Gasteiger partial charge on any atom is -0.453 e. The van der Waals surface area contributed by atoms with Crippen LogP contribution >= 0.6 is 34.8 Å². The molecule has 1 amide bonds. The Bertz CT molecular complexity index is 1050. The van der Waals surface area contributed by atoms with Gasteiger partial charge < -0.3 is 14.6 Å². The maximum absolute atomic E-state index is 12.2. The van der Waals surface area contributed by atoms with Gasteiger partial charge in [-0.3, -0.25) is 9.59 Å². The second kappa shape index (κ2) is 9.93. The molecule has 0 bridgehead atoms. The fraction of sp³-hybridized carbons (Fsp3) is 0.200. The number of aromatic nitrogens is 2. The van der Waals surface area contributed by atoms with Gasteiger partial charge >= 0.3 is 5.97 Å². The summed E-state index contributed by atoms with van der Waals surface area (Å²) >= 11 is 17.8. The van der Waals surface area contributed by atoms with Gasteiger partial charge in [0.1, 0.15) is 0 Å². The van der Waals surface area contributed by atoms with Crippen LogP contribution in [0.5, 0.6) is 0 Å². The van der Waals surface area contributed by atoms with Crippen LogP contribution in [0, 0.1) is 0 Å². The zero-order valence-corrected chi connectivity index (χ0v) is 18.0. The Morgan fingerprint density at radius 3 is 2.53 bits per heavy atom. The van der Waals surface area contributed by atoms with E-state index >= 15 is 0 Å². The molecule has 0 saturated carbocycles. The van der Waals surface area contributed by atoms with Crippen LogP contribution in [-0.2, 0) is 20.7 Å². The van der Waals surface area contributed by atoms with Crippen LogP contribution in [0.15, 0.2) is 47.0 Å². The molecular weight excluding hydrogens is 453 g/mol. The van der Waals surface area contributed by atoms with Crippen molar-refractivity contribution in [2.45, 2.75) is 25.9 Å². The highest BCUT2D eigenvalue weighted by atomic mass is 35.5. The Morgan fingerprint density at radius 1 is 1.10 bits per heavy atom. The van der Waals surface area contributed by atoms with Crippen LogP contribution in [0.2, 0.25) is 15.1 Å². The molecule has 0 radical (unpaired) electrons. The third kappa shape index (κ3) is 5.95. The molecule has 7 nitrogen and oxygen atoms in total. The van der Waals surface area contributed by atoms with Crippen LogP contribution in [0.25, 0.3) is 11.4 Å². The first-order valence-electron chi connectivity index (χ1n) is 8.86. The number of esters is 1. The van der Waals surface area contributed by atoms with Crippen LogP contribution in [0.4, 0.5) is 5.69 Å². The summed E-state index contributed by atoms with van der Waals surface area (Å²) in [6, 6.07) is 11.6. The Balaban J connectivity index is 1.50. The lowest BCUT2D eigenvalue weighted by atomic mass is 10.2. The molecule has 1 N–H and O–H groups in total. The summed E-state index contributed by atoms with van der Waals surface area (Å²) in [6.45, 7) is 1.46. The van der Waals surface area contributed by atoms with E-state index in [2.05, 4.69) is 15.5 Å². The quantitative estimate of drug-likeness (QED) is 0.479. The predicted molar refractivity (Wildman–Crippen MR) is 114 cm³/mol. The van der Waals surface area contributed by atoms with Crippen molar-refractivity contribution in [1.82, 2.24) is 10.1 Å². The second-order valence-corrected chi connectivity index (χ2v) is 7.54. The number of halogens is 3. The Hall–Kier alpha value is -2.61. The van der Waals surface area contributed by atoms with E-state index < -0.39 is 18.0 Å². The highest BCUT2D eigenvalue weighted by Crippen LogP contribution is 2.25. The molecule has 2 aromatic carbocycles. The van der Waals surface area contributed by atoms with Crippen molar-refractivity contribution in [1.29, 1.82) is 0 Å². The van der Waals surface area contributed by atoms with Gasteiger partial charge in [0.25, 0.3) is 5.91 Å². The number of nitrogens with one attached hydrogen (secondary N) is 1. The first-order chi connectivity index (χ1) is 14.3. The number of amides is 1. The molecule has 0 aliphatic carbocycles. The average Bonchev–Trinajstić information content (AvgIpc) is 3.18. The smallest absolute Gasteiger partial charge is 0.307 e. The van der Waals surface area contributed by atoms with Crippen molar-refractivity contribution in [3.8, 4) is 11.4 Å². The fourth-order valence-corrected chi connectivity index (χ4v) is 2.88. The van der Waals surface area contributed by atoms with Crippen molar-refractivity contribution in [3.63, 3.8) is 0 Å². The number of rotatable bonds is 7. The van der Waals surface area contributed by atoms with Crippen molar-refractivity contribution in [3.05, 3.63) is 63.4 Å². The topological polar surface area (TPSA) is 94.3 Å². The number of hydrogen-bond donors (Lipinski definition) is 1. The third-order valence-corrected chi connectivity index (χ3v) is 4.79. The molecule has 156 valence electrons. The first kappa shape index (κ1) is 22.1. The van der Waals surface area contributed by atoms with E-state index in [0.717, 1.165) is 5.56 Å². The summed E-state index contributed by atoms with van der Waals surface area (Å²) in [5, 5.41) is 7.78. The lowest BCUT2D eigenvalue weighted by Gasteiger charge is -2.14. The maximum atomic E-state index is 12.2.